The smallest absolute Gasteiger partial charge is 0.236 e. The van der Waals surface area contributed by atoms with Crippen molar-refractivity contribution in [3.05, 3.63) is 35.4 Å². The Labute approximate surface area is 134 Å². The number of carbonyl (C=O) groups excluding carboxylic acids is 1. The molecule has 0 unspecified atom stereocenters. The van der Waals surface area contributed by atoms with E-state index in [0.29, 0.717) is 6.54 Å². The number of benzene rings is 1. The monoisotopic (exact) mass is 310 g/mol. The third-order valence-electron chi connectivity index (χ3n) is 4.54. The van der Waals surface area contributed by atoms with Gasteiger partial charge in [0.05, 0.1) is 6.04 Å². The van der Waals surface area contributed by atoms with Gasteiger partial charge in [0, 0.05) is 12.0 Å². The molecule has 1 aromatic carbocycles. The van der Waals surface area contributed by atoms with Crippen molar-refractivity contribution in [3.63, 3.8) is 0 Å². The van der Waals surface area contributed by atoms with Gasteiger partial charge >= 0.3 is 0 Å². The van der Waals surface area contributed by atoms with Gasteiger partial charge in [0.15, 0.2) is 0 Å². The average molecular weight is 311 g/mol. The summed E-state index contributed by atoms with van der Waals surface area (Å²) in [5, 5.41) is 3.05. The first-order chi connectivity index (χ1) is 9.55. The molecule has 1 atom stereocenters. The van der Waals surface area contributed by atoms with E-state index in [1.54, 1.807) is 6.92 Å². The Kier molecular flexibility index (Phi) is 6.69. The fourth-order valence-electron chi connectivity index (χ4n) is 3.36. The zero-order valence-corrected chi connectivity index (χ0v) is 13.8. The molecule has 0 saturated heterocycles. The van der Waals surface area contributed by atoms with Crippen molar-refractivity contribution in [1.29, 1.82) is 0 Å². The zero-order chi connectivity index (χ0) is 14.6. The minimum atomic E-state index is -0.437. The zero-order valence-electron chi connectivity index (χ0n) is 13.0. The Morgan fingerprint density at radius 1 is 1.29 bits per heavy atom. The lowest BCUT2D eigenvalue weighted by molar-refractivity contribution is -0.122. The second kappa shape index (κ2) is 7.81. The largest absolute Gasteiger partial charge is 0.354 e. The van der Waals surface area contributed by atoms with Crippen LogP contribution in [0.5, 0.6) is 0 Å². The maximum absolute atomic E-state index is 11.8. The van der Waals surface area contributed by atoms with Crippen LogP contribution in [0.3, 0.4) is 0 Å². The second-order valence-corrected chi connectivity index (χ2v) is 6.16. The molecule has 3 N–H and O–H groups in total. The third kappa shape index (κ3) is 4.21. The Morgan fingerprint density at radius 2 is 1.90 bits per heavy atom. The van der Waals surface area contributed by atoms with Gasteiger partial charge in [-0.05, 0) is 37.8 Å². The summed E-state index contributed by atoms with van der Waals surface area (Å²) >= 11 is 0. The summed E-state index contributed by atoms with van der Waals surface area (Å²) in [6, 6.07) is 8.13. The van der Waals surface area contributed by atoms with Crippen LogP contribution in [0, 0.1) is 6.92 Å². The molecule has 0 bridgehead atoms. The summed E-state index contributed by atoms with van der Waals surface area (Å²) < 4.78 is 0. The number of carbonyl (C=O) groups is 1. The van der Waals surface area contributed by atoms with E-state index in [2.05, 4.69) is 36.5 Å². The van der Waals surface area contributed by atoms with Gasteiger partial charge < -0.3 is 11.1 Å². The van der Waals surface area contributed by atoms with E-state index < -0.39 is 6.04 Å². The van der Waals surface area contributed by atoms with Crippen molar-refractivity contribution < 1.29 is 4.79 Å². The highest BCUT2D eigenvalue weighted by Crippen LogP contribution is 2.40. The van der Waals surface area contributed by atoms with Crippen molar-refractivity contribution in [1.82, 2.24) is 5.32 Å². The van der Waals surface area contributed by atoms with Crippen LogP contribution in [0.25, 0.3) is 0 Å². The van der Waals surface area contributed by atoms with E-state index in [4.69, 9.17) is 5.73 Å². The molecule has 0 spiro atoms. The molecule has 1 aliphatic rings. The summed E-state index contributed by atoms with van der Waals surface area (Å²) in [6.45, 7) is 4.61. The number of hydrogen-bond donors (Lipinski definition) is 2. The second-order valence-electron chi connectivity index (χ2n) is 6.16. The Bertz CT molecular complexity index is 468. The van der Waals surface area contributed by atoms with Gasteiger partial charge in [0.1, 0.15) is 0 Å². The van der Waals surface area contributed by atoms with E-state index >= 15 is 0 Å². The maximum Gasteiger partial charge on any atom is 0.236 e. The third-order valence-corrected chi connectivity index (χ3v) is 4.54. The summed E-state index contributed by atoms with van der Waals surface area (Å²) in [7, 11) is 0. The first kappa shape index (κ1) is 18.0. The molecule has 0 heterocycles. The van der Waals surface area contributed by atoms with Crippen LogP contribution in [0.4, 0.5) is 0 Å². The van der Waals surface area contributed by atoms with E-state index in [1.807, 2.05) is 0 Å². The number of nitrogens with one attached hydrogen (secondary N) is 1. The molecule has 1 aliphatic carbocycles. The van der Waals surface area contributed by atoms with Crippen LogP contribution in [0.15, 0.2) is 24.3 Å². The van der Waals surface area contributed by atoms with Crippen LogP contribution in [-0.4, -0.2) is 18.5 Å². The molecular formula is C17H27ClN2O. The topological polar surface area (TPSA) is 55.1 Å². The normalized spacial score (nSPS) is 18.4. The highest BCUT2D eigenvalue weighted by Gasteiger charge is 2.35. The Hall–Kier alpha value is -1.06. The van der Waals surface area contributed by atoms with Crippen LogP contribution in [-0.2, 0) is 10.2 Å². The molecule has 3 nitrogen and oxygen atoms in total. The molecule has 4 heteroatoms. The molecule has 1 fully saturated rings. The quantitative estimate of drug-likeness (QED) is 0.898. The maximum atomic E-state index is 11.8. The number of aryl methyl sites for hydroxylation is 1. The van der Waals surface area contributed by atoms with E-state index in [1.165, 1.54) is 30.4 Å². The Morgan fingerprint density at radius 3 is 2.48 bits per heavy atom. The van der Waals surface area contributed by atoms with Crippen LogP contribution >= 0.6 is 12.4 Å². The number of rotatable bonds is 4. The summed E-state index contributed by atoms with van der Waals surface area (Å²) in [4.78, 5) is 11.8. The highest BCUT2D eigenvalue weighted by atomic mass is 35.5. The fourth-order valence-corrected chi connectivity index (χ4v) is 3.36. The van der Waals surface area contributed by atoms with Crippen molar-refractivity contribution >= 4 is 18.3 Å². The molecular weight excluding hydrogens is 284 g/mol. The van der Waals surface area contributed by atoms with Crippen molar-refractivity contribution in [3.8, 4) is 0 Å². The standard InChI is InChI=1S/C17H26N2O.ClH/c1-13-8-4-5-9-15(13)17(10-6-3-7-11-17)12-19-16(20)14(2)18;/h4-5,8-9,14H,3,6-7,10-12,18H2,1-2H3,(H,19,20);1H/t14-;/m1./s1. The molecule has 1 saturated carbocycles. The Balaban J connectivity index is 0.00000220. The summed E-state index contributed by atoms with van der Waals surface area (Å²) in [5.41, 5.74) is 8.46. The van der Waals surface area contributed by atoms with E-state index in [0.717, 1.165) is 12.8 Å². The number of amides is 1. The molecule has 1 amide bonds. The molecule has 0 aromatic heterocycles. The number of nitrogens with two attached hydrogens (primary N) is 1. The van der Waals surface area contributed by atoms with Crippen molar-refractivity contribution in [2.75, 3.05) is 6.54 Å². The summed E-state index contributed by atoms with van der Waals surface area (Å²) in [5.74, 6) is -0.0523. The molecule has 0 radical (unpaired) electrons. The first-order valence-corrected chi connectivity index (χ1v) is 7.65. The minimum Gasteiger partial charge on any atom is -0.354 e. The predicted molar refractivity (Wildman–Crippen MR) is 89.8 cm³/mol. The molecule has 0 aliphatic heterocycles. The van der Waals surface area contributed by atoms with Gasteiger partial charge in [-0.25, -0.2) is 0 Å². The van der Waals surface area contributed by atoms with Crippen LogP contribution in [0.1, 0.15) is 50.2 Å². The molecule has 21 heavy (non-hydrogen) atoms. The average Bonchev–Trinajstić information content (AvgIpc) is 2.46. The number of hydrogen-bond acceptors (Lipinski definition) is 2. The van der Waals surface area contributed by atoms with Gasteiger partial charge in [0.2, 0.25) is 5.91 Å². The minimum absolute atomic E-state index is 0. The lowest BCUT2D eigenvalue weighted by Gasteiger charge is -2.39. The predicted octanol–water partition coefficient (Wildman–Crippen LogP) is 3.08. The van der Waals surface area contributed by atoms with Crippen molar-refractivity contribution in [2.24, 2.45) is 5.73 Å². The van der Waals surface area contributed by atoms with Gasteiger partial charge in [0.25, 0.3) is 0 Å². The van der Waals surface area contributed by atoms with Crippen LogP contribution < -0.4 is 11.1 Å². The number of halogens is 1. The first-order valence-electron chi connectivity index (χ1n) is 7.65. The lowest BCUT2D eigenvalue weighted by Crippen LogP contribution is -2.47. The fraction of sp³-hybridized carbons (Fsp3) is 0.588. The van der Waals surface area contributed by atoms with E-state index in [-0.39, 0.29) is 23.7 Å². The van der Waals surface area contributed by atoms with Gasteiger partial charge in [-0.3, -0.25) is 4.79 Å². The molecule has 118 valence electrons. The molecule has 2 rings (SSSR count). The van der Waals surface area contributed by atoms with Gasteiger partial charge in [-0.15, -0.1) is 12.4 Å². The van der Waals surface area contributed by atoms with E-state index in [9.17, 15) is 4.79 Å². The highest BCUT2D eigenvalue weighted by molar-refractivity contribution is 5.85. The SMILES string of the molecule is Cc1ccccc1C1(CNC(=O)[C@@H](C)N)CCCCC1.Cl. The lowest BCUT2D eigenvalue weighted by atomic mass is 9.68. The van der Waals surface area contributed by atoms with Gasteiger partial charge in [-0.1, -0.05) is 43.5 Å². The van der Waals surface area contributed by atoms with Crippen LogP contribution in [0.2, 0.25) is 0 Å². The van der Waals surface area contributed by atoms with Gasteiger partial charge in [-0.2, -0.15) is 0 Å². The summed E-state index contributed by atoms with van der Waals surface area (Å²) in [6.07, 6.45) is 6.08. The van der Waals surface area contributed by atoms with Crippen molar-refractivity contribution in [2.45, 2.75) is 57.4 Å². The molecule has 1 aromatic rings.